The molecule has 5 heteroatoms. The van der Waals surface area contributed by atoms with Crippen molar-refractivity contribution in [1.29, 1.82) is 0 Å². The van der Waals surface area contributed by atoms with Crippen molar-refractivity contribution in [2.45, 2.75) is 25.9 Å². The lowest BCUT2D eigenvalue weighted by Gasteiger charge is -2.16. The van der Waals surface area contributed by atoms with Crippen molar-refractivity contribution in [3.8, 4) is 5.75 Å². The second-order valence-corrected chi connectivity index (χ2v) is 5.29. The molecule has 0 bridgehead atoms. The molecule has 1 aromatic heterocycles. The van der Waals surface area contributed by atoms with Crippen LogP contribution >= 0.6 is 0 Å². The first-order valence-corrected chi connectivity index (χ1v) is 7.01. The number of imidazole rings is 1. The number of methoxy groups -OCH3 is 1. The number of nitrogens with two attached hydrogens (primary N) is 1. The zero-order valence-corrected chi connectivity index (χ0v) is 12.8. The van der Waals surface area contributed by atoms with E-state index in [0.717, 1.165) is 42.1 Å². The second-order valence-electron chi connectivity index (χ2n) is 5.29. The molecule has 0 amide bonds. The molecule has 110 valence electrons. The normalized spacial score (nSPS) is 13.1. The summed E-state index contributed by atoms with van der Waals surface area (Å²) in [6.45, 7) is 3.93. The van der Waals surface area contributed by atoms with Crippen LogP contribution in [0.15, 0.2) is 18.2 Å². The second kappa shape index (κ2) is 6.24. The van der Waals surface area contributed by atoms with Gasteiger partial charge in [0.1, 0.15) is 11.6 Å². The molecule has 2 N–H and O–H groups in total. The summed E-state index contributed by atoms with van der Waals surface area (Å²) in [5, 5.41) is 0. The Morgan fingerprint density at radius 1 is 1.40 bits per heavy atom. The zero-order valence-electron chi connectivity index (χ0n) is 12.8. The van der Waals surface area contributed by atoms with Crippen LogP contribution in [-0.4, -0.2) is 42.2 Å². The van der Waals surface area contributed by atoms with Gasteiger partial charge in [0.25, 0.3) is 0 Å². The predicted octanol–water partition coefficient (Wildman–Crippen LogP) is 2.02. The number of aromatic nitrogens is 2. The molecule has 1 aromatic carbocycles. The molecule has 1 heterocycles. The van der Waals surface area contributed by atoms with Crippen LogP contribution in [0.3, 0.4) is 0 Å². The van der Waals surface area contributed by atoms with Gasteiger partial charge in [0.15, 0.2) is 0 Å². The molecule has 0 saturated carbocycles. The van der Waals surface area contributed by atoms with Gasteiger partial charge in [0.2, 0.25) is 0 Å². The van der Waals surface area contributed by atoms with Crippen LogP contribution in [0.1, 0.15) is 25.2 Å². The Bertz CT molecular complexity index is 577. The van der Waals surface area contributed by atoms with Gasteiger partial charge >= 0.3 is 0 Å². The fourth-order valence-electron chi connectivity index (χ4n) is 2.26. The van der Waals surface area contributed by atoms with Gasteiger partial charge in [-0.05, 0) is 32.6 Å². The third-order valence-corrected chi connectivity index (χ3v) is 3.53. The Morgan fingerprint density at radius 3 is 2.75 bits per heavy atom. The number of ether oxygens (including phenoxy) is 1. The van der Waals surface area contributed by atoms with E-state index in [9.17, 15) is 0 Å². The van der Waals surface area contributed by atoms with Crippen LogP contribution < -0.4 is 10.5 Å². The van der Waals surface area contributed by atoms with E-state index in [4.69, 9.17) is 15.5 Å². The number of nitrogens with zero attached hydrogens (tertiary/aromatic N) is 3. The minimum absolute atomic E-state index is 0.0319. The summed E-state index contributed by atoms with van der Waals surface area (Å²) in [7, 11) is 5.81. The van der Waals surface area contributed by atoms with Crippen LogP contribution in [0.25, 0.3) is 11.0 Å². The van der Waals surface area contributed by atoms with Gasteiger partial charge in [0.05, 0.1) is 24.2 Å². The summed E-state index contributed by atoms with van der Waals surface area (Å²) in [6.07, 6.45) is 0.877. The van der Waals surface area contributed by atoms with E-state index >= 15 is 0 Å². The van der Waals surface area contributed by atoms with Crippen molar-refractivity contribution in [3.63, 3.8) is 0 Å². The van der Waals surface area contributed by atoms with E-state index in [-0.39, 0.29) is 6.04 Å². The molecule has 2 rings (SSSR count). The van der Waals surface area contributed by atoms with E-state index in [0.29, 0.717) is 0 Å². The Morgan fingerprint density at radius 2 is 2.15 bits per heavy atom. The summed E-state index contributed by atoms with van der Waals surface area (Å²) >= 11 is 0. The van der Waals surface area contributed by atoms with E-state index in [2.05, 4.69) is 36.6 Å². The van der Waals surface area contributed by atoms with Crippen molar-refractivity contribution in [2.24, 2.45) is 5.73 Å². The van der Waals surface area contributed by atoms with Gasteiger partial charge in [-0.25, -0.2) is 4.98 Å². The fourth-order valence-corrected chi connectivity index (χ4v) is 2.26. The molecule has 20 heavy (non-hydrogen) atoms. The van der Waals surface area contributed by atoms with Crippen LogP contribution in [0.5, 0.6) is 5.75 Å². The molecular formula is C15H24N4O. The van der Waals surface area contributed by atoms with E-state index in [1.165, 1.54) is 0 Å². The van der Waals surface area contributed by atoms with Crippen molar-refractivity contribution in [1.82, 2.24) is 14.5 Å². The summed E-state index contributed by atoms with van der Waals surface area (Å²) in [5.74, 6) is 1.78. The topological polar surface area (TPSA) is 56.3 Å². The molecule has 5 nitrogen and oxygen atoms in total. The average molecular weight is 276 g/mol. The summed E-state index contributed by atoms with van der Waals surface area (Å²) in [6, 6.07) is 5.96. The number of likely N-dealkylation sites (N-methyl/N-ethyl adjacent to an activating group) is 1. The average Bonchev–Trinajstić information content (AvgIpc) is 2.81. The Hall–Kier alpha value is -1.59. The number of fused-ring (bicyclic) bond motifs is 1. The number of benzene rings is 1. The van der Waals surface area contributed by atoms with E-state index in [1.54, 1.807) is 7.11 Å². The van der Waals surface area contributed by atoms with Crippen LogP contribution in [-0.2, 0) is 6.54 Å². The number of hydrogen-bond donors (Lipinski definition) is 1. The molecule has 0 saturated heterocycles. The lowest BCUT2D eigenvalue weighted by atomic mass is 10.2. The molecule has 2 aromatic rings. The Kier molecular flexibility index (Phi) is 4.62. The van der Waals surface area contributed by atoms with Crippen LogP contribution in [0.2, 0.25) is 0 Å². The highest BCUT2D eigenvalue weighted by Gasteiger charge is 2.16. The molecule has 0 aliphatic rings. The first kappa shape index (κ1) is 14.8. The first-order valence-electron chi connectivity index (χ1n) is 7.01. The van der Waals surface area contributed by atoms with E-state index < -0.39 is 0 Å². The van der Waals surface area contributed by atoms with Crippen molar-refractivity contribution in [3.05, 3.63) is 24.0 Å². The van der Waals surface area contributed by atoms with Crippen molar-refractivity contribution < 1.29 is 4.74 Å². The van der Waals surface area contributed by atoms with Crippen molar-refractivity contribution >= 4 is 11.0 Å². The largest absolute Gasteiger partial charge is 0.497 e. The fraction of sp³-hybridized carbons (Fsp3) is 0.533. The molecule has 1 atom stereocenters. The molecular weight excluding hydrogens is 252 g/mol. The molecule has 0 radical (unpaired) electrons. The summed E-state index contributed by atoms with van der Waals surface area (Å²) < 4.78 is 7.49. The van der Waals surface area contributed by atoms with E-state index in [1.807, 2.05) is 12.1 Å². The monoisotopic (exact) mass is 276 g/mol. The summed E-state index contributed by atoms with van der Waals surface area (Å²) in [4.78, 5) is 6.87. The predicted molar refractivity (Wildman–Crippen MR) is 82.1 cm³/mol. The molecule has 0 aliphatic heterocycles. The zero-order chi connectivity index (χ0) is 14.7. The molecule has 0 fully saturated rings. The van der Waals surface area contributed by atoms with Crippen molar-refractivity contribution in [2.75, 3.05) is 27.7 Å². The van der Waals surface area contributed by atoms with Crippen LogP contribution in [0, 0.1) is 0 Å². The quantitative estimate of drug-likeness (QED) is 0.877. The van der Waals surface area contributed by atoms with Crippen LogP contribution in [0.4, 0.5) is 0 Å². The Labute approximate surface area is 120 Å². The standard InChI is InChI=1S/C15H24N4O/c1-5-12(16)15-17-13-10-11(20-4)6-7-14(13)19(15)9-8-18(2)3/h6-7,10,12H,5,8-9,16H2,1-4H3. The van der Waals surface area contributed by atoms with Gasteiger partial charge in [0, 0.05) is 19.2 Å². The molecule has 0 spiro atoms. The number of rotatable bonds is 6. The third kappa shape index (κ3) is 2.94. The highest BCUT2D eigenvalue weighted by Crippen LogP contribution is 2.25. The maximum absolute atomic E-state index is 6.21. The first-order chi connectivity index (χ1) is 9.56. The SMILES string of the molecule is CCC(N)c1nc2cc(OC)ccc2n1CCN(C)C. The molecule has 1 unspecified atom stereocenters. The van der Waals surface area contributed by atoms with Gasteiger partial charge in [-0.2, -0.15) is 0 Å². The third-order valence-electron chi connectivity index (χ3n) is 3.53. The highest BCUT2D eigenvalue weighted by molar-refractivity contribution is 5.78. The Balaban J connectivity index is 2.48. The van der Waals surface area contributed by atoms with Gasteiger partial charge < -0.3 is 19.9 Å². The highest BCUT2D eigenvalue weighted by atomic mass is 16.5. The summed E-state index contributed by atoms with van der Waals surface area (Å²) in [5.41, 5.74) is 8.27. The lowest BCUT2D eigenvalue weighted by Crippen LogP contribution is -2.22. The molecule has 0 aliphatic carbocycles. The van der Waals surface area contributed by atoms with Gasteiger partial charge in [-0.15, -0.1) is 0 Å². The smallest absolute Gasteiger partial charge is 0.126 e. The minimum atomic E-state index is -0.0319. The van der Waals surface area contributed by atoms with Gasteiger partial charge in [-0.3, -0.25) is 0 Å². The lowest BCUT2D eigenvalue weighted by molar-refractivity contribution is 0.380. The maximum Gasteiger partial charge on any atom is 0.126 e. The number of hydrogen-bond acceptors (Lipinski definition) is 4. The van der Waals surface area contributed by atoms with Gasteiger partial charge in [-0.1, -0.05) is 6.92 Å². The minimum Gasteiger partial charge on any atom is -0.497 e. The maximum atomic E-state index is 6.21.